The number of carbonyl (C=O) groups is 2. The Morgan fingerprint density at radius 1 is 1.07 bits per heavy atom. The van der Waals surface area contributed by atoms with E-state index in [9.17, 15) is 9.59 Å². The number of nitrogens with zero attached hydrogens (tertiary/aromatic N) is 1. The number of carbonyl (C=O) groups excluding carboxylic acids is 2. The highest BCUT2D eigenvalue weighted by atomic mass is 16.7. The van der Waals surface area contributed by atoms with Gasteiger partial charge in [0.15, 0.2) is 11.5 Å². The van der Waals surface area contributed by atoms with Crippen molar-refractivity contribution in [1.82, 2.24) is 4.90 Å². The molecule has 3 aliphatic rings. The molecule has 3 amide bonds. The molecule has 0 unspecified atom stereocenters. The van der Waals surface area contributed by atoms with Gasteiger partial charge in [-0.05, 0) is 49.1 Å². The second-order valence-corrected chi connectivity index (χ2v) is 8.33. The third-order valence-corrected chi connectivity index (χ3v) is 6.43. The fraction of sp³-hybridized carbons (Fsp3) is 0.391. The minimum atomic E-state index is -0.0991. The van der Waals surface area contributed by atoms with Crippen LogP contribution in [0, 0.1) is 11.3 Å². The molecule has 2 aromatic rings. The largest absolute Gasteiger partial charge is 0.454 e. The van der Waals surface area contributed by atoms with Crippen molar-refractivity contribution in [3.8, 4) is 11.5 Å². The molecule has 2 N–H and O–H groups in total. The molecular formula is C23H25N3O4. The van der Waals surface area contributed by atoms with E-state index in [4.69, 9.17) is 9.47 Å². The highest BCUT2D eigenvalue weighted by Gasteiger charge is 2.61. The van der Waals surface area contributed by atoms with Gasteiger partial charge in [-0.3, -0.25) is 4.79 Å². The lowest BCUT2D eigenvalue weighted by Crippen LogP contribution is -2.33. The van der Waals surface area contributed by atoms with E-state index in [2.05, 4.69) is 17.6 Å². The van der Waals surface area contributed by atoms with Crippen LogP contribution in [-0.2, 0) is 11.2 Å². The van der Waals surface area contributed by atoms with E-state index in [1.54, 1.807) is 12.1 Å². The number of urea groups is 1. The lowest BCUT2D eigenvalue weighted by Gasteiger charge is -2.18. The van der Waals surface area contributed by atoms with Gasteiger partial charge in [-0.25, -0.2) is 4.79 Å². The van der Waals surface area contributed by atoms with E-state index >= 15 is 0 Å². The van der Waals surface area contributed by atoms with Gasteiger partial charge in [-0.15, -0.1) is 0 Å². The molecule has 1 spiro atoms. The van der Waals surface area contributed by atoms with Crippen LogP contribution in [0.2, 0.25) is 0 Å². The van der Waals surface area contributed by atoms with Crippen molar-refractivity contribution >= 4 is 23.3 Å². The van der Waals surface area contributed by atoms with Crippen LogP contribution in [-0.4, -0.2) is 36.7 Å². The Balaban J connectivity index is 1.16. The highest BCUT2D eigenvalue weighted by Crippen LogP contribution is 2.58. The molecule has 2 fully saturated rings. The van der Waals surface area contributed by atoms with Crippen LogP contribution in [0.3, 0.4) is 0 Å². The molecule has 0 radical (unpaired) electrons. The van der Waals surface area contributed by atoms with Crippen molar-refractivity contribution < 1.29 is 19.1 Å². The SMILES string of the molecule is CCc1ccc(NC(=O)N2CC[C@]3(C[C@@H]3C(=O)Nc3ccc4c(c3)OCO4)C2)cc1. The number of hydrogen-bond donors (Lipinski definition) is 2. The lowest BCUT2D eigenvalue weighted by molar-refractivity contribution is -0.118. The predicted molar refractivity (Wildman–Crippen MR) is 113 cm³/mol. The van der Waals surface area contributed by atoms with Crippen molar-refractivity contribution in [3.63, 3.8) is 0 Å². The van der Waals surface area contributed by atoms with Crippen molar-refractivity contribution in [3.05, 3.63) is 48.0 Å². The van der Waals surface area contributed by atoms with Crippen LogP contribution >= 0.6 is 0 Å². The fourth-order valence-corrected chi connectivity index (χ4v) is 4.47. The Hall–Kier alpha value is -3.22. The van der Waals surface area contributed by atoms with Gasteiger partial charge >= 0.3 is 6.03 Å². The van der Waals surface area contributed by atoms with Crippen molar-refractivity contribution in [2.75, 3.05) is 30.5 Å². The molecule has 7 heteroatoms. The fourth-order valence-electron chi connectivity index (χ4n) is 4.47. The number of benzene rings is 2. The number of fused-ring (bicyclic) bond motifs is 1. The van der Waals surface area contributed by atoms with Gasteiger partial charge in [-0.2, -0.15) is 0 Å². The number of ether oxygens (including phenoxy) is 2. The van der Waals surface area contributed by atoms with E-state index in [0.29, 0.717) is 30.3 Å². The minimum Gasteiger partial charge on any atom is -0.454 e. The molecule has 2 heterocycles. The molecule has 1 aliphatic carbocycles. The Morgan fingerprint density at radius 2 is 1.83 bits per heavy atom. The first-order chi connectivity index (χ1) is 14.6. The predicted octanol–water partition coefficient (Wildman–Crippen LogP) is 3.86. The summed E-state index contributed by atoms with van der Waals surface area (Å²) in [7, 11) is 0. The summed E-state index contributed by atoms with van der Waals surface area (Å²) in [6.45, 7) is 3.60. The molecule has 0 bridgehead atoms. The number of hydrogen-bond acceptors (Lipinski definition) is 4. The zero-order valence-corrected chi connectivity index (χ0v) is 16.9. The molecule has 5 rings (SSSR count). The van der Waals surface area contributed by atoms with Crippen LogP contribution in [0.4, 0.5) is 16.2 Å². The first kappa shape index (κ1) is 18.8. The number of rotatable bonds is 4. The molecule has 1 saturated carbocycles. The average molecular weight is 407 g/mol. The van der Waals surface area contributed by atoms with Crippen molar-refractivity contribution in [2.24, 2.45) is 11.3 Å². The normalized spacial score (nSPS) is 23.5. The highest BCUT2D eigenvalue weighted by molar-refractivity contribution is 5.96. The summed E-state index contributed by atoms with van der Waals surface area (Å²) in [6, 6.07) is 13.2. The van der Waals surface area contributed by atoms with E-state index in [0.717, 1.165) is 24.9 Å². The minimum absolute atomic E-state index is 0.00581. The second kappa shape index (κ2) is 7.23. The summed E-state index contributed by atoms with van der Waals surface area (Å²) < 4.78 is 10.7. The maximum atomic E-state index is 12.8. The smallest absolute Gasteiger partial charge is 0.321 e. The summed E-state index contributed by atoms with van der Waals surface area (Å²) in [5.41, 5.74) is 2.65. The monoisotopic (exact) mass is 407 g/mol. The number of nitrogens with one attached hydrogen (secondary N) is 2. The average Bonchev–Trinajstić information content (AvgIpc) is 3.06. The van der Waals surface area contributed by atoms with Gasteiger partial charge in [0.05, 0.1) is 0 Å². The van der Waals surface area contributed by atoms with Crippen LogP contribution in [0.25, 0.3) is 0 Å². The molecule has 30 heavy (non-hydrogen) atoms. The topological polar surface area (TPSA) is 79.9 Å². The van der Waals surface area contributed by atoms with Gasteiger partial charge in [-0.1, -0.05) is 19.1 Å². The number of anilines is 2. The zero-order valence-electron chi connectivity index (χ0n) is 16.9. The quantitative estimate of drug-likeness (QED) is 0.807. The molecule has 2 aromatic carbocycles. The Kier molecular flexibility index (Phi) is 4.53. The van der Waals surface area contributed by atoms with Crippen LogP contribution in [0.5, 0.6) is 11.5 Å². The van der Waals surface area contributed by atoms with Gasteiger partial charge in [0.25, 0.3) is 0 Å². The molecule has 0 aromatic heterocycles. The van der Waals surface area contributed by atoms with E-state index in [-0.39, 0.29) is 30.1 Å². The second-order valence-electron chi connectivity index (χ2n) is 8.33. The molecule has 2 aliphatic heterocycles. The van der Waals surface area contributed by atoms with Crippen LogP contribution in [0.1, 0.15) is 25.3 Å². The summed E-state index contributed by atoms with van der Waals surface area (Å²) in [5, 5.41) is 5.96. The maximum Gasteiger partial charge on any atom is 0.321 e. The molecule has 2 atom stereocenters. The third kappa shape index (κ3) is 3.44. The van der Waals surface area contributed by atoms with E-state index in [1.165, 1.54) is 5.56 Å². The summed E-state index contributed by atoms with van der Waals surface area (Å²) in [6.07, 6.45) is 2.64. The number of likely N-dealkylation sites (tertiary alicyclic amines) is 1. The van der Waals surface area contributed by atoms with Gasteiger partial charge in [0.1, 0.15) is 0 Å². The zero-order chi connectivity index (χ0) is 20.7. The van der Waals surface area contributed by atoms with E-state index < -0.39 is 0 Å². The standard InChI is InChI=1S/C23H25N3O4/c1-2-15-3-5-16(6-4-15)25-22(28)26-10-9-23(13-26)12-18(23)21(27)24-17-7-8-19-20(11-17)30-14-29-19/h3-8,11,18H,2,9-10,12-14H2,1H3,(H,24,27)(H,25,28)/t18-,23+/m1/s1. The number of amides is 3. The Labute approximate surface area is 175 Å². The Bertz CT molecular complexity index is 990. The van der Waals surface area contributed by atoms with Crippen molar-refractivity contribution in [2.45, 2.75) is 26.2 Å². The van der Waals surface area contributed by atoms with Crippen LogP contribution in [0.15, 0.2) is 42.5 Å². The molecule has 1 saturated heterocycles. The molecular weight excluding hydrogens is 382 g/mol. The first-order valence-corrected chi connectivity index (χ1v) is 10.4. The van der Waals surface area contributed by atoms with Gasteiger partial charge in [0.2, 0.25) is 12.7 Å². The Morgan fingerprint density at radius 3 is 2.63 bits per heavy atom. The summed E-state index contributed by atoms with van der Waals surface area (Å²) in [5.74, 6) is 1.28. The molecule has 7 nitrogen and oxygen atoms in total. The van der Waals surface area contributed by atoms with Gasteiger partial charge in [0, 0.05) is 41.9 Å². The van der Waals surface area contributed by atoms with E-state index in [1.807, 2.05) is 35.2 Å². The molecule has 156 valence electrons. The first-order valence-electron chi connectivity index (χ1n) is 10.4. The lowest BCUT2D eigenvalue weighted by atomic mass is 10.0. The number of aryl methyl sites for hydroxylation is 1. The van der Waals surface area contributed by atoms with Gasteiger partial charge < -0.3 is 25.0 Å². The summed E-state index contributed by atoms with van der Waals surface area (Å²) >= 11 is 0. The van der Waals surface area contributed by atoms with Crippen LogP contribution < -0.4 is 20.1 Å². The van der Waals surface area contributed by atoms with Crippen molar-refractivity contribution in [1.29, 1.82) is 0 Å². The summed E-state index contributed by atoms with van der Waals surface area (Å²) in [4.78, 5) is 27.2. The third-order valence-electron chi connectivity index (χ3n) is 6.43. The maximum absolute atomic E-state index is 12.8.